The maximum atomic E-state index is 13.0. The molecule has 4 N–H and O–H groups in total. The van der Waals surface area contributed by atoms with E-state index in [0.29, 0.717) is 32.1 Å². The van der Waals surface area contributed by atoms with E-state index < -0.39 is 23.4 Å². The molecule has 0 radical (unpaired) electrons. The van der Waals surface area contributed by atoms with Crippen molar-refractivity contribution in [2.45, 2.75) is 30.8 Å². The third-order valence-electron chi connectivity index (χ3n) is 6.01. The summed E-state index contributed by atoms with van der Waals surface area (Å²) >= 11 is 14.7. The van der Waals surface area contributed by atoms with E-state index in [1.807, 2.05) is 12.1 Å². The average Bonchev–Trinajstić information content (AvgIpc) is 3.07. The Hall–Kier alpha value is -1.95. The first-order valence-corrected chi connectivity index (χ1v) is 12.2. The van der Waals surface area contributed by atoms with Gasteiger partial charge < -0.3 is 21.3 Å². The molecule has 180 valence electrons. The van der Waals surface area contributed by atoms with Gasteiger partial charge in [0.2, 0.25) is 0 Å². The zero-order chi connectivity index (χ0) is 24.2. The fourth-order valence-corrected chi connectivity index (χ4v) is 5.90. The lowest BCUT2D eigenvalue weighted by Crippen LogP contribution is -2.50. The maximum absolute atomic E-state index is 13.0. The zero-order valence-corrected chi connectivity index (χ0v) is 20.1. The number of rotatable bonds is 4. The van der Waals surface area contributed by atoms with Crippen LogP contribution in [0.1, 0.15) is 17.5 Å². The SMILES string of the molecule is NC1C2=C(N=CN1c1ccc(C(F)(F)F)cc1)SC(N)N2c1c(Cl)cc(CN2CCC2)cc1Cl. The van der Waals surface area contributed by atoms with Crippen LogP contribution < -0.4 is 21.3 Å². The van der Waals surface area contributed by atoms with Gasteiger partial charge in [-0.15, -0.1) is 0 Å². The van der Waals surface area contributed by atoms with Crippen LogP contribution in [0.4, 0.5) is 24.5 Å². The third kappa shape index (κ3) is 4.27. The highest BCUT2D eigenvalue weighted by atomic mass is 35.5. The minimum atomic E-state index is -4.42. The fourth-order valence-electron chi connectivity index (χ4n) is 4.19. The van der Waals surface area contributed by atoms with Crippen LogP contribution in [-0.4, -0.2) is 36.0 Å². The Labute approximate surface area is 209 Å². The molecule has 34 heavy (non-hydrogen) atoms. The summed E-state index contributed by atoms with van der Waals surface area (Å²) in [6.45, 7) is 2.86. The summed E-state index contributed by atoms with van der Waals surface area (Å²) in [6, 6.07) is 8.49. The lowest BCUT2D eigenvalue weighted by molar-refractivity contribution is -0.137. The van der Waals surface area contributed by atoms with Crippen LogP contribution in [0.2, 0.25) is 10.0 Å². The van der Waals surface area contributed by atoms with E-state index in [4.69, 9.17) is 34.7 Å². The Morgan fingerprint density at radius 3 is 2.26 bits per heavy atom. The van der Waals surface area contributed by atoms with Crippen LogP contribution in [0.15, 0.2) is 52.1 Å². The highest BCUT2D eigenvalue weighted by Crippen LogP contribution is 2.48. The van der Waals surface area contributed by atoms with Crippen molar-refractivity contribution in [2.75, 3.05) is 22.9 Å². The number of alkyl halides is 3. The van der Waals surface area contributed by atoms with Gasteiger partial charge in [0.1, 0.15) is 16.7 Å². The maximum Gasteiger partial charge on any atom is 0.416 e. The number of nitrogens with zero attached hydrogens (tertiary/aromatic N) is 4. The minimum Gasteiger partial charge on any atom is -0.311 e. The molecule has 2 aromatic carbocycles. The molecule has 0 saturated carbocycles. The summed E-state index contributed by atoms with van der Waals surface area (Å²) in [7, 11) is 0. The van der Waals surface area contributed by atoms with E-state index in [0.717, 1.165) is 37.3 Å². The van der Waals surface area contributed by atoms with Gasteiger partial charge in [-0.3, -0.25) is 4.90 Å². The largest absolute Gasteiger partial charge is 0.416 e. The molecule has 0 aliphatic carbocycles. The van der Waals surface area contributed by atoms with Crippen molar-refractivity contribution in [3.05, 3.63) is 68.3 Å². The van der Waals surface area contributed by atoms with E-state index in [1.165, 1.54) is 36.7 Å². The molecule has 3 aliphatic heterocycles. The predicted molar refractivity (Wildman–Crippen MR) is 132 cm³/mol. The molecule has 0 aromatic heterocycles. The van der Waals surface area contributed by atoms with Crippen LogP contribution in [0.25, 0.3) is 0 Å². The van der Waals surface area contributed by atoms with Crippen molar-refractivity contribution >= 4 is 52.7 Å². The minimum absolute atomic E-state index is 0.440. The second-order valence-electron chi connectivity index (χ2n) is 8.25. The first-order chi connectivity index (χ1) is 16.1. The summed E-state index contributed by atoms with van der Waals surface area (Å²) in [6.07, 6.45) is -2.51. The van der Waals surface area contributed by atoms with E-state index in [9.17, 15) is 13.2 Å². The van der Waals surface area contributed by atoms with Crippen LogP contribution in [0.5, 0.6) is 0 Å². The normalized spacial score (nSPS) is 22.9. The van der Waals surface area contributed by atoms with Crippen molar-refractivity contribution in [1.82, 2.24) is 4.90 Å². The third-order valence-corrected chi connectivity index (χ3v) is 7.58. The summed E-state index contributed by atoms with van der Waals surface area (Å²) < 4.78 is 38.9. The smallest absolute Gasteiger partial charge is 0.311 e. The number of halogens is 5. The molecule has 0 spiro atoms. The number of likely N-dealkylation sites (tertiary alicyclic amines) is 1. The second-order valence-corrected chi connectivity index (χ2v) is 10.2. The highest BCUT2D eigenvalue weighted by molar-refractivity contribution is 8.04. The Kier molecular flexibility index (Phi) is 6.24. The van der Waals surface area contributed by atoms with Gasteiger partial charge in [0.15, 0.2) is 0 Å². The van der Waals surface area contributed by atoms with Gasteiger partial charge >= 0.3 is 6.18 Å². The number of anilines is 2. The Morgan fingerprint density at radius 2 is 1.71 bits per heavy atom. The van der Waals surface area contributed by atoms with E-state index in [-0.39, 0.29) is 0 Å². The van der Waals surface area contributed by atoms with Crippen molar-refractivity contribution < 1.29 is 13.2 Å². The molecule has 0 bridgehead atoms. The van der Waals surface area contributed by atoms with Crippen LogP contribution in [0, 0.1) is 0 Å². The second kappa shape index (κ2) is 8.92. The fraction of sp³-hybridized carbons (Fsp3) is 0.318. The monoisotopic (exact) mass is 528 g/mol. The highest BCUT2D eigenvalue weighted by Gasteiger charge is 2.41. The molecule has 2 atom stereocenters. The van der Waals surface area contributed by atoms with E-state index in [1.54, 1.807) is 9.80 Å². The predicted octanol–water partition coefficient (Wildman–Crippen LogP) is 5.02. The summed E-state index contributed by atoms with van der Waals surface area (Å²) in [5.74, 6) is 0. The van der Waals surface area contributed by atoms with Crippen molar-refractivity contribution in [1.29, 1.82) is 0 Å². The molecule has 12 heteroatoms. The lowest BCUT2D eigenvalue weighted by atomic mass is 10.1. The Balaban J connectivity index is 1.45. The number of nitrogens with two attached hydrogens (primary N) is 2. The lowest BCUT2D eigenvalue weighted by Gasteiger charge is -2.36. The van der Waals surface area contributed by atoms with Gasteiger partial charge in [-0.05, 0) is 61.5 Å². The quantitative estimate of drug-likeness (QED) is 0.580. The van der Waals surface area contributed by atoms with Crippen LogP contribution in [-0.2, 0) is 12.7 Å². The summed E-state index contributed by atoms with van der Waals surface area (Å²) in [4.78, 5) is 10.1. The van der Waals surface area contributed by atoms with Gasteiger partial charge in [-0.2, -0.15) is 13.2 Å². The standard InChI is InChI=1S/C22H21Cl2F3N6S/c23-15-8-12(10-31-6-1-7-31)9-16(24)17(15)33-18-19(28)32(11-30-20(18)34-21(33)29)14-4-2-13(3-5-14)22(25,26)27/h2-5,8-9,11,19,21H,1,6-7,10,28-29H2. The number of benzene rings is 2. The topological polar surface area (TPSA) is 74.1 Å². The van der Waals surface area contributed by atoms with Crippen molar-refractivity contribution in [3.8, 4) is 0 Å². The zero-order valence-electron chi connectivity index (χ0n) is 17.8. The average molecular weight is 529 g/mol. The van der Waals surface area contributed by atoms with Crippen molar-refractivity contribution in [2.24, 2.45) is 16.5 Å². The molecule has 1 saturated heterocycles. The molecule has 1 fully saturated rings. The molecule has 3 heterocycles. The van der Waals surface area contributed by atoms with Gasteiger partial charge in [0, 0.05) is 12.2 Å². The number of aliphatic imine (C=N–C) groups is 1. The number of hydrogen-bond acceptors (Lipinski definition) is 7. The molecular weight excluding hydrogens is 508 g/mol. The first-order valence-electron chi connectivity index (χ1n) is 10.5. The molecule has 2 unspecified atom stereocenters. The van der Waals surface area contributed by atoms with E-state index >= 15 is 0 Å². The van der Waals surface area contributed by atoms with Gasteiger partial charge in [0.25, 0.3) is 0 Å². The Morgan fingerprint density at radius 1 is 1.06 bits per heavy atom. The number of thioether (sulfide) groups is 1. The van der Waals surface area contributed by atoms with Crippen LogP contribution in [0.3, 0.4) is 0 Å². The molecule has 5 rings (SSSR count). The van der Waals surface area contributed by atoms with Gasteiger partial charge in [-0.1, -0.05) is 35.0 Å². The van der Waals surface area contributed by atoms with E-state index in [2.05, 4.69) is 9.89 Å². The summed E-state index contributed by atoms with van der Waals surface area (Å²) in [5, 5.41) is 1.49. The van der Waals surface area contributed by atoms with Crippen LogP contribution >= 0.6 is 35.0 Å². The molecule has 2 aromatic rings. The van der Waals surface area contributed by atoms with Gasteiger partial charge in [-0.25, -0.2) is 4.99 Å². The summed E-state index contributed by atoms with van der Waals surface area (Å²) in [5.41, 5.74) is 14.3. The number of hydrogen-bond donors (Lipinski definition) is 2. The molecule has 0 amide bonds. The van der Waals surface area contributed by atoms with Gasteiger partial charge in [0.05, 0.1) is 33.3 Å². The molecular formula is C22H21Cl2F3N6S. The molecule has 6 nitrogen and oxygen atoms in total. The first kappa shape index (κ1) is 23.8. The molecule has 3 aliphatic rings. The van der Waals surface area contributed by atoms with Crippen molar-refractivity contribution in [3.63, 3.8) is 0 Å². The Bertz CT molecular complexity index is 1140.